The van der Waals surface area contributed by atoms with Crippen molar-refractivity contribution in [3.05, 3.63) is 0 Å². The largest absolute Gasteiger partial charge is 0.368 e. The molecule has 9 heavy (non-hydrogen) atoms. The van der Waals surface area contributed by atoms with Gasteiger partial charge in [-0.1, -0.05) is 15.9 Å². The van der Waals surface area contributed by atoms with Gasteiger partial charge >= 0.3 is 0 Å². The Kier molecular flexibility index (Phi) is 4.53. The Labute approximate surface area is 62.0 Å². The van der Waals surface area contributed by atoms with Gasteiger partial charge in [-0.2, -0.15) is 0 Å². The summed E-state index contributed by atoms with van der Waals surface area (Å²) in [4.78, 5) is 10.7. The number of hydrogen-bond acceptors (Lipinski definition) is 3. The van der Waals surface area contributed by atoms with Crippen LogP contribution in [-0.4, -0.2) is 30.5 Å². The predicted molar refractivity (Wildman–Crippen MR) is 38.4 cm³/mol. The number of Topliss-reactive ketones (excluding diaryl/α,β-unsaturated/α-hetero) is 1. The first-order valence-corrected chi connectivity index (χ1v) is 3.50. The summed E-state index contributed by atoms with van der Waals surface area (Å²) in [6, 6.07) is 0. The molecule has 4 heteroatoms. The lowest BCUT2D eigenvalue weighted by atomic mass is 10.3. The molecule has 0 rings (SSSR count). The molecule has 0 aromatic heterocycles. The summed E-state index contributed by atoms with van der Waals surface area (Å²) in [5, 5.41) is 6.94. The van der Waals surface area contributed by atoms with E-state index < -0.39 is 6.10 Å². The lowest BCUT2D eigenvalue weighted by molar-refractivity contribution is -0.122. The third kappa shape index (κ3) is 2.72. The number of carbonyl (C=O) groups excluding carboxylic acids is 1. The molecule has 0 saturated carbocycles. The lowest BCUT2D eigenvalue weighted by Crippen LogP contribution is -2.24. The van der Waals surface area contributed by atoms with Crippen LogP contribution in [0.15, 0.2) is 0 Å². The van der Waals surface area contributed by atoms with Crippen LogP contribution < -0.4 is 0 Å². The maximum atomic E-state index is 10.7. The lowest BCUT2D eigenvalue weighted by Gasteiger charge is -2.03. The summed E-state index contributed by atoms with van der Waals surface area (Å²) in [6.45, 7) is 0. The number of hydrogen-bond donors (Lipinski definition) is 1. The maximum absolute atomic E-state index is 10.7. The number of ketones is 1. The van der Waals surface area contributed by atoms with Gasteiger partial charge in [0, 0.05) is 13.3 Å². The Morgan fingerprint density at radius 2 is 2.56 bits per heavy atom. The van der Waals surface area contributed by atoms with E-state index in [0.717, 1.165) is 6.21 Å². The first-order chi connectivity index (χ1) is 4.26. The Balaban J connectivity index is 3.78. The van der Waals surface area contributed by atoms with Gasteiger partial charge in [-0.05, 0) is 0 Å². The molecule has 0 spiro atoms. The highest BCUT2D eigenvalue weighted by Crippen LogP contribution is 1.91. The standard InChI is InChI=1S/C5H8BrNO2/c1-9-5(3-7)4(8)2-6/h3,5,7H,2H2,1H3. The summed E-state index contributed by atoms with van der Waals surface area (Å²) >= 11 is 2.96. The van der Waals surface area contributed by atoms with Crippen LogP contribution in [0, 0.1) is 5.41 Å². The maximum Gasteiger partial charge on any atom is 0.177 e. The highest BCUT2D eigenvalue weighted by Gasteiger charge is 2.11. The van der Waals surface area contributed by atoms with Crippen molar-refractivity contribution < 1.29 is 9.53 Å². The fraction of sp³-hybridized carbons (Fsp3) is 0.600. The molecule has 0 aliphatic heterocycles. The number of alkyl halides is 1. The van der Waals surface area contributed by atoms with Gasteiger partial charge in [0.15, 0.2) is 11.9 Å². The summed E-state index contributed by atoms with van der Waals surface area (Å²) in [6.07, 6.45) is 0.299. The molecule has 0 aliphatic carbocycles. The number of ether oxygens (including phenoxy) is 1. The highest BCUT2D eigenvalue weighted by molar-refractivity contribution is 9.09. The van der Waals surface area contributed by atoms with E-state index in [1.807, 2.05) is 0 Å². The van der Waals surface area contributed by atoms with Crippen LogP contribution in [0.3, 0.4) is 0 Å². The van der Waals surface area contributed by atoms with Crippen molar-refractivity contribution >= 4 is 27.9 Å². The predicted octanol–water partition coefficient (Wildman–Crippen LogP) is 0.615. The molecular weight excluding hydrogens is 186 g/mol. The molecule has 1 N–H and O–H groups in total. The Morgan fingerprint density at radius 3 is 2.67 bits per heavy atom. The van der Waals surface area contributed by atoms with E-state index in [9.17, 15) is 4.79 Å². The molecule has 0 amide bonds. The van der Waals surface area contributed by atoms with E-state index in [0.29, 0.717) is 0 Å². The normalized spacial score (nSPS) is 12.7. The van der Waals surface area contributed by atoms with Crippen molar-refractivity contribution in [2.45, 2.75) is 6.10 Å². The van der Waals surface area contributed by atoms with Gasteiger partial charge in [0.1, 0.15) is 0 Å². The molecule has 3 nitrogen and oxygen atoms in total. The zero-order chi connectivity index (χ0) is 7.28. The van der Waals surface area contributed by atoms with Gasteiger partial charge in [-0.15, -0.1) is 0 Å². The Hall–Kier alpha value is -0.220. The second-order valence-electron chi connectivity index (χ2n) is 1.42. The molecule has 0 bridgehead atoms. The molecule has 0 radical (unpaired) electrons. The average molecular weight is 194 g/mol. The Morgan fingerprint density at radius 1 is 2.00 bits per heavy atom. The van der Waals surface area contributed by atoms with Crippen LogP contribution in [0.1, 0.15) is 0 Å². The van der Waals surface area contributed by atoms with E-state index >= 15 is 0 Å². The third-order valence-electron chi connectivity index (χ3n) is 0.854. The van der Waals surface area contributed by atoms with Crippen LogP contribution >= 0.6 is 15.9 Å². The van der Waals surface area contributed by atoms with Crippen molar-refractivity contribution in [2.24, 2.45) is 0 Å². The van der Waals surface area contributed by atoms with E-state index in [2.05, 4.69) is 20.7 Å². The monoisotopic (exact) mass is 193 g/mol. The second-order valence-corrected chi connectivity index (χ2v) is 1.98. The van der Waals surface area contributed by atoms with Crippen LogP contribution in [0.2, 0.25) is 0 Å². The fourth-order valence-corrected chi connectivity index (χ4v) is 0.688. The molecular formula is C5H8BrNO2. The summed E-state index contributed by atoms with van der Waals surface area (Å²) in [5.41, 5.74) is 0. The van der Waals surface area contributed by atoms with Crippen molar-refractivity contribution in [1.29, 1.82) is 5.41 Å². The third-order valence-corrected chi connectivity index (χ3v) is 1.41. The number of nitrogens with one attached hydrogen (secondary N) is 1. The van der Waals surface area contributed by atoms with Crippen molar-refractivity contribution in [2.75, 3.05) is 12.4 Å². The van der Waals surface area contributed by atoms with E-state index in [1.54, 1.807) is 0 Å². The summed E-state index contributed by atoms with van der Waals surface area (Å²) in [7, 11) is 1.40. The van der Waals surface area contributed by atoms with Crippen LogP contribution in [0.25, 0.3) is 0 Å². The molecule has 0 saturated heterocycles. The average Bonchev–Trinajstić information content (AvgIpc) is 1.90. The number of rotatable bonds is 4. The van der Waals surface area contributed by atoms with Gasteiger partial charge in [0.05, 0.1) is 5.33 Å². The molecule has 0 heterocycles. The SMILES string of the molecule is COC(C=N)C(=O)CBr. The topological polar surface area (TPSA) is 50.1 Å². The highest BCUT2D eigenvalue weighted by atomic mass is 79.9. The molecule has 0 aliphatic rings. The Bertz CT molecular complexity index is 116. The molecule has 0 aromatic rings. The molecule has 0 aromatic carbocycles. The minimum absolute atomic E-state index is 0.132. The van der Waals surface area contributed by atoms with Crippen LogP contribution in [0.5, 0.6) is 0 Å². The van der Waals surface area contributed by atoms with Crippen molar-refractivity contribution in [3.8, 4) is 0 Å². The van der Waals surface area contributed by atoms with E-state index in [1.165, 1.54) is 7.11 Å². The zero-order valence-corrected chi connectivity index (χ0v) is 6.64. The summed E-state index contributed by atoms with van der Waals surface area (Å²) < 4.78 is 4.63. The quantitative estimate of drug-likeness (QED) is 0.526. The van der Waals surface area contributed by atoms with Gasteiger partial charge in [-0.25, -0.2) is 0 Å². The van der Waals surface area contributed by atoms with Gasteiger partial charge in [0.25, 0.3) is 0 Å². The van der Waals surface area contributed by atoms with Gasteiger partial charge in [0.2, 0.25) is 0 Å². The summed E-state index contributed by atoms with van der Waals surface area (Å²) in [5.74, 6) is -0.132. The van der Waals surface area contributed by atoms with E-state index in [-0.39, 0.29) is 11.1 Å². The number of methoxy groups -OCH3 is 1. The first kappa shape index (κ1) is 8.78. The number of halogens is 1. The minimum Gasteiger partial charge on any atom is -0.368 e. The van der Waals surface area contributed by atoms with Crippen LogP contribution in [0.4, 0.5) is 0 Å². The molecule has 0 fully saturated rings. The van der Waals surface area contributed by atoms with Gasteiger partial charge in [-0.3, -0.25) is 4.79 Å². The minimum atomic E-state index is -0.677. The molecule has 52 valence electrons. The number of carbonyl (C=O) groups is 1. The second kappa shape index (κ2) is 4.64. The van der Waals surface area contributed by atoms with E-state index in [4.69, 9.17) is 5.41 Å². The smallest absolute Gasteiger partial charge is 0.177 e. The molecule has 1 atom stereocenters. The van der Waals surface area contributed by atoms with Crippen molar-refractivity contribution in [1.82, 2.24) is 0 Å². The van der Waals surface area contributed by atoms with Crippen molar-refractivity contribution in [3.63, 3.8) is 0 Å². The van der Waals surface area contributed by atoms with Gasteiger partial charge < -0.3 is 10.1 Å². The molecule has 1 unspecified atom stereocenters. The zero-order valence-electron chi connectivity index (χ0n) is 5.06. The first-order valence-electron chi connectivity index (χ1n) is 2.38. The van der Waals surface area contributed by atoms with Crippen LogP contribution in [-0.2, 0) is 9.53 Å². The fourth-order valence-electron chi connectivity index (χ4n) is 0.368.